The number of hydrogen-bond donors (Lipinski definition) is 8. The quantitative estimate of drug-likeness (QED) is 0.0131. The second kappa shape index (κ2) is 39.7. The number of nitro benzene ring substituents is 3. The zero-order valence-electron chi connectivity index (χ0n) is 41.9. The minimum Gasteiger partial charge on any atom is -0.399 e. The molecular formula is C50H76Cl4FN11O6. The van der Waals surface area contributed by atoms with Crippen molar-refractivity contribution in [1.29, 1.82) is 0 Å². The average molecular weight is 1090 g/mol. The number of hydrogen-bond acceptors (Lipinski definition) is 14. The highest BCUT2D eigenvalue weighted by atomic mass is 35.5. The van der Waals surface area contributed by atoms with Gasteiger partial charge < -0.3 is 44.2 Å². The number of aryl methyl sites for hydroxylation is 5. The minimum atomic E-state index is -0.533. The van der Waals surface area contributed by atoms with Gasteiger partial charge in [-0.25, -0.2) is 4.39 Å². The molecule has 0 spiro atoms. The molecule has 0 amide bonds. The van der Waals surface area contributed by atoms with E-state index >= 15 is 0 Å². The molecule has 0 aliphatic rings. The van der Waals surface area contributed by atoms with Gasteiger partial charge >= 0.3 is 0 Å². The van der Waals surface area contributed by atoms with Gasteiger partial charge in [0, 0.05) is 95.2 Å². The Kier molecular flexibility index (Phi) is 38.8. The van der Waals surface area contributed by atoms with Crippen LogP contribution < -0.4 is 44.2 Å². The SMILES string of the molecule is Cc1cc(F)ccc1[N+](=O)[O-].Cc1cc(NCCCCCNc2ccc(N)c(C)c2)ccc1N.Cc1cc(NCCCCCNc2ccc([N+](=O)[O-])c(C)c2)ccc1[N+](=O)[O-].Cl.Cl.Cl.Cl.NCCCCCN. The van der Waals surface area contributed by atoms with E-state index in [9.17, 15) is 34.7 Å². The molecule has 0 bridgehead atoms. The summed E-state index contributed by atoms with van der Waals surface area (Å²) >= 11 is 0. The van der Waals surface area contributed by atoms with Crippen molar-refractivity contribution in [3.63, 3.8) is 0 Å². The number of unbranched alkanes of at least 4 members (excludes halogenated alkanes) is 6. The first kappa shape index (κ1) is 70.4. The Bertz CT molecular complexity index is 2230. The van der Waals surface area contributed by atoms with E-state index in [0.29, 0.717) is 16.7 Å². The van der Waals surface area contributed by atoms with Gasteiger partial charge in [-0.3, -0.25) is 30.3 Å². The number of halogens is 5. The highest BCUT2D eigenvalue weighted by molar-refractivity contribution is 5.86. The van der Waals surface area contributed by atoms with Crippen molar-refractivity contribution < 1.29 is 19.2 Å². The number of rotatable bonds is 23. The molecule has 5 aromatic rings. The van der Waals surface area contributed by atoms with E-state index in [1.54, 1.807) is 38.1 Å². The van der Waals surface area contributed by atoms with Gasteiger partial charge in [0.2, 0.25) is 0 Å². The highest BCUT2D eigenvalue weighted by Crippen LogP contribution is 2.24. The van der Waals surface area contributed by atoms with E-state index < -0.39 is 10.7 Å². The molecule has 0 saturated heterocycles. The normalized spacial score (nSPS) is 9.67. The molecule has 5 aromatic carbocycles. The molecule has 72 heavy (non-hydrogen) atoms. The van der Waals surface area contributed by atoms with Crippen molar-refractivity contribution in [2.24, 2.45) is 11.5 Å². The molecular weight excluding hydrogens is 1010 g/mol. The lowest BCUT2D eigenvalue weighted by Gasteiger charge is -2.10. The van der Waals surface area contributed by atoms with Gasteiger partial charge in [0.1, 0.15) is 5.82 Å². The third-order valence-corrected chi connectivity index (χ3v) is 10.6. The van der Waals surface area contributed by atoms with Crippen LogP contribution in [0, 0.1) is 70.8 Å². The molecule has 0 heterocycles. The van der Waals surface area contributed by atoms with E-state index in [2.05, 4.69) is 33.4 Å². The topological polar surface area (TPSA) is 282 Å². The largest absolute Gasteiger partial charge is 0.399 e. The van der Waals surface area contributed by atoms with Crippen LogP contribution in [0.1, 0.15) is 85.6 Å². The fourth-order valence-corrected chi connectivity index (χ4v) is 6.59. The number of nitrogen functional groups attached to an aromatic ring is 2. The average Bonchev–Trinajstić information content (AvgIpc) is 3.28. The molecule has 12 N–H and O–H groups in total. The number of nitro groups is 3. The van der Waals surface area contributed by atoms with Crippen LogP contribution in [0.3, 0.4) is 0 Å². The van der Waals surface area contributed by atoms with E-state index in [1.165, 1.54) is 31.9 Å². The molecule has 0 aliphatic heterocycles. The van der Waals surface area contributed by atoms with Crippen LogP contribution in [-0.4, -0.2) is 54.0 Å². The number of nitrogens with zero attached hydrogens (tertiary/aromatic N) is 3. The maximum atomic E-state index is 12.4. The summed E-state index contributed by atoms with van der Waals surface area (Å²) in [5, 5.41) is 45.3. The predicted molar refractivity (Wildman–Crippen MR) is 307 cm³/mol. The smallest absolute Gasteiger partial charge is 0.272 e. The standard InChI is InChI=1S/C19H24N4O4.C19H28N4.C7H6FNO2.C5H14N2.4ClH/c1-14-12-16(6-8-18(14)22(24)25)20-10-4-3-5-11-21-17-7-9-19(23(26)27)15(2)13-17;1-14-12-16(6-8-18(14)20)22-10-4-3-5-11-23-17-7-9-19(21)15(2)13-17;1-5-4-6(8)2-3-7(5)9(10)11;6-4-2-1-3-5-7;;;;/h6-9,12-13,20-21H,3-5,10-11H2,1-2H3;6-9,12-13,22-23H,3-5,10-11,20-21H2,1-2H3;2-4H,1H3;1-7H2;4*1H. The van der Waals surface area contributed by atoms with Gasteiger partial charge in [0.05, 0.1) is 14.8 Å². The van der Waals surface area contributed by atoms with Gasteiger partial charge in [0.15, 0.2) is 0 Å². The Morgan fingerprint density at radius 1 is 0.403 bits per heavy atom. The predicted octanol–water partition coefficient (Wildman–Crippen LogP) is 12.8. The molecule has 0 unspecified atom stereocenters. The van der Waals surface area contributed by atoms with Crippen LogP contribution in [0.15, 0.2) is 91.0 Å². The third kappa shape index (κ3) is 28.2. The molecule has 0 fully saturated rings. The number of anilines is 6. The Morgan fingerprint density at radius 2 is 0.667 bits per heavy atom. The molecule has 0 atom stereocenters. The van der Waals surface area contributed by atoms with Crippen LogP contribution in [0.4, 0.5) is 55.6 Å². The van der Waals surface area contributed by atoms with Crippen molar-refractivity contribution in [2.45, 2.75) is 92.4 Å². The molecule has 0 aromatic heterocycles. The van der Waals surface area contributed by atoms with Crippen LogP contribution in [0.25, 0.3) is 0 Å². The van der Waals surface area contributed by atoms with Crippen molar-refractivity contribution in [2.75, 3.05) is 72.0 Å². The molecule has 22 heteroatoms. The molecule has 17 nitrogen and oxygen atoms in total. The zero-order valence-corrected chi connectivity index (χ0v) is 45.1. The lowest BCUT2D eigenvalue weighted by Crippen LogP contribution is -2.05. The monoisotopic (exact) mass is 1090 g/mol. The number of benzene rings is 5. The Hall–Kier alpha value is -5.89. The summed E-state index contributed by atoms with van der Waals surface area (Å²) in [5.41, 5.74) is 32.0. The van der Waals surface area contributed by atoms with Gasteiger partial charge in [-0.15, -0.1) is 49.6 Å². The molecule has 0 saturated carbocycles. The minimum absolute atomic E-state index is 0. The number of nitrogens with one attached hydrogen (secondary N) is 4. The van der Waals surface area contributed by atoms with Crippen molar-refractivity contribution in [3.8, 4) is 0 Å². The van der Waals surface area contributed by atoms with Crippen LogP contribution in [0.2, 0.25) is 0 Å². The van der Waals surface area contributed by atoms with Gasteiger partial charge in [-0.05, 0) is 183 Å². The first-order valence-corrected chi connectivity index (χ1v) is 23.0. The Labute approximate surface area is 448 Å². The zero-order chi connectivity index (χ0) is 50.4. The summed E-state index contributed by atoms with van der Waals surface area (Å²) in [6.07, 6.45) is 9.94. The lowest BCUT2D eigenvalue weighted by molar-refractivity contribution is -0.385. The van der Waals surface area contributed by atoms with Gasteiger partial charge in [-0.2, -0.15) is 0 Å². The van der Waals surface area contributed by atoms with E-state index in [-0.39, 0.29) is 76.5 Å². The Balaban J connectivity index is -0.000000955. The molecule has 5 rings (SSSR count). The second-order valence-corrected chi connectivity index (χ2v) is 16.3. The summed E-state index contributed by atoms with van der Waals surface area (Å²) in [5.74, 6) is -0.451. The van der Waals surface area contributed by atoms with Crippen LogP contribution in [0.5, 0.6) is 0 Å². The van der Waals surface area contributed by atoms with Crippen LogP contribution >= 0.6 is 49.6 Å². The Morgan fingerprint density at radius 3 is 0.931 bits per heavy atom. The van der Waals surface area contributed by atoms with Crippen molar-refractivity contribution in [3.05, 3.63) is 155 Å². The second-order valence-electron chi connectivity index (χ2n) is 16.3. The summed E-state index contributed by atoms with van der Waals surface area (Å²) in [4.78, 5) is 30.6. The van der Waals surface area contributed by atoms with Crippen molar-refractivity contribution in [1.82, 2.24) is 0 Å². The molecule has 0 radical (unpaired) electrons. The highest BCUT2D eigenvalue weighted by Gasteiger charge is 2.12. The van der Waals surface area contributed by atoms with Gasteiger partial charge in [0.25, 0.3) is 17.1 Å². The maximum absolute atomic E-state index is 12.4. The molecule has 0 aliphatic carbocycles. The first-order valence-electron chi connectivity index (χ1n) is 23.0. The lowest BCUT2D eigenvalue weighted by atomic mass is 10.1. The first-order chi connectivity index (χ1) is 32.5. The number of nitrogens with two attached hydrogens (primary N) is 4. The van der Waals surface area contributed by atoms with E-state index in [0.717, 1.165) is 148 Å². The summed E-state index contributed by atoms with van der Waals surface area (Å²) in [7, 11) is 0. The fourth-order valence-electron chi connectivity index (χ4n) is 6.59. The van der Waals surface area contributed by atoms with Crippen molar-refractivity contribution >= 4 is 101 Å². The summed E-state index contributed by atoms with van der Waals surface area (Å²) < 4.78 is 12.4. The third-order valence-electron chi connectivity index (χ3n) is 10.6. The maximum Gasteiger partial charge on any atom is 0.272 e. The van der Waals surface area contributed by atoms with Crippen LogP contribution in [-0.2, 0) is 0 Å². The van der Waals surface area contributed by atoms with E-state index in [1.807, 2.05) is 38.1 Å². The van der Waals surface area contributed by atoms with Gasteiger partial charge in [-0.1, -0.05) is 6.42 Å². The fraction of sp³-hybridized carbons (Fsp3) is 0.400. The molecule has 402 valence electrons. The summed E-state index contributed by atoms with van der Waals surface area (Å²) in [6, 6.07) is 25.6. The van der Waals surface area contributed by atoms with E-state index in [4.69, 9.17) is 22.9 Å². The summed E-state index contributed by atoms with van der Waals surface area (Å²) in [6.45, 7) is 14.2.